The number of Topliss-reactive ketones (excluding diaryl/α,β-unsaturated/α-hetero) is 1. The molecular weight excluding hydrogens is 528 g/mol. The summed E-state index contributed by atoms with van der Waals surface area (Å²) in [5.41, 5.74) is -0.563. The van der Waals surface area contributed by atoms with Gasteiger partial charge in [-0.1, -0.05) is 45.4 Å². The summed E-state index contributed by atoms with van der Waals surface area (Å²) in [6.07, 6.45) is 4.96. The number of allylic oxidation sites excluding steroid dienone is 2. The van der Waals surface area contributed by atoms with E-state index in [1.165, 1.54) is 7.11 Å². The molecule has 9 atom stereocenters. The van der Waals surface area contributed by atoms with E-state index in [1.54, 1.807) is 38.5 Å². The first kappa shape index (κ1) is 29.3. The molecule has 0 amide bonds. The van der Waals surface area contributed by atoms with Crippen molar-refractivity contribution in [2.45, 2.75) is 79.1 Å². The Labute approximate surface area is 240 Å². The fourth-order valence-electron chi connectivity index (χ4n) is 8.68. The van der Waals surface area contributed by atoms with Crippen molar-refractivity contribution in [1.29, 1.82) is 0 Å². The third kappa shape index (κ3) is 4.14. The third-order valence-corrected chi connectivity index (χ3v) is 10.8. The highest BCUT2D eigenvalue weighted by Crippen LogP contribution is 2.68. The lowest BCUT2D eigenvalue weighted by atomic mass is 9.40. The SMILES string of the molecule is C/C=C(\C)C(=O)OC1[C@@H]2C=C3C(CC[C@]4(C)C3CC(=O)O[C@H]4c3ccoc3)C(C)(C2=O)[C@@H](C(O)C(=O)OC)C1(C)C. The molecule has 0 spiro atoms. The van der Waals surface area contributed by atoms with E-state index in [0.29, 0.717) is 18.4 Å². The number of aliphatic hydroxyl groups excluding tert-OH is 1. The average molecular weight is 569 g/mol. The predicted octanol–water partition coefficient (Wildman–Crippen LogP) is 4.50. The number of furan rings is 1. The number of fused-ring (bicyclic) bond motifs is 6. The van der Waals surface area contributed by atoms with E-state index < -0.39 is 58.3 Å². The predicted molar refractivity (Wildman–Crippen MR) is 146 cm³/mol. The van der Waals surface area contributed by atoms with Crippen LogP contribution < -0.4 is 0 Å². The van der Waals surface area contributed by atoms with Crippen molar-refractivity contribution in [3.8, 4) is 0 Å². The highest BCUT2D eigenvalue weighted by atomic mass is 16.6. The lowest BCUT2D eigenvalue weighted by Crippen LogP contribution is -2.69. The second kappa shape index (κ2) is 9.96. The van der Waals surface area contributed by atoms with E-state index >= 15 is 0 Å². The number of rotatable bonds is 5. The fraction of sp³-hybridized carbons (Fsp3) is 0.625. The van der Waals surface area contributed by atoms with Crippen LogP contribution in [-0.2, 0) is 33.4 Å². The van der Waals surface area contributed by atoms with Crippen LogP contribution in [0.15, 0.2) is 46.3 Å². The Morgan fingerprint density at radius 1 is 1.17 bits per heavy atom. The highest BCUT2D eigenvalue weighted by Gasteiger charge is 2.70. The van der Waals surface area contributed by atoms with E-state index in [4.69, 9.17) is 18.6 Å². The maximum Gasteiger partial charge on any atom is 0.335 e. The van der Waals surface area contributed by atoms with Crippen molar-refractivity contribution in [2.24, 2.45) is 39.9 Å². The zero-order valence-corrected chi connectivity index (χ0v) is 24.8. The summed E-state index contributed by atoms with van der Waals surface area (Å²) >= 11 is 0. The molecule has 2 heterocycles. The van der Waals surface area contributed by atoms with Crippen molar-refractivity contribution in [3.05, 3.63) is 47.5 Å². The van der Waals surface area contributed by atoms with E-state index in [9.17, 15) is 24.3 Å². The Bertz CT molecular complexity index is 1320. The number of ketones is 1. The minimum atomic E-state index is -1.63. The molecule has 3 fully saturated rings. The molecule has 2 bridgehead atoms. The van der Waals surface area contributed by atoms with Crippen LogP contribution in [0.1, 0.15) is 72.5 Å². The van der Waals surface area contributed by atoms with Gasteiger partial charge in [-0.05, 0) is 44.6 Å². The summed E-state index contributed by atoms with van der Waals surface area (Å²) in [5, 5.41) is 11.5. The van der Waals surface area contributed by atoms with Crippen molar-refractivity contribution in [2.75, 3.05) is 7.11 Å². The molecule has 1 saturated heterocycles. The van der Waals surface area contributed by atoms with Crippen molar-refractivity contribution < 1.29 is 42.9 Å². The molecule has 5 unspecified atom stereocenters. The largest absolute Gasteiger partial charge is 0.472 e. The Morgan fingerprint density at radius 2 is 1.88 bits per heavy atom. The zero-order valence-electron chi connectivity index (χ0n) is 24.8. The van der Waals surface area contributed by atoms with Crippen LogP contribution in [0, 0.1) is 39.9 Å². The molecule has 1 aliphatic heterocycles. The molecule has 1 N–H and O–H groups in total. The standard InChI is InChI=1S/C32H40O9/c1-8-16(2)28(36)41-27-19-13-18-20(32(6,25(19)35)24(30(27,3)4)23(34)29(37)38-7)9-11-31(5)21(18)14-22(33)40-26(31)17-10-12-39-15-17/h8,10,12-13,15,19-21,23-24,26-27,34H,9,11,14H2,1-7H3/b16-8+/t19-,20?,21?,23?,24+,26+,27?,31-,32?/m1/s1. The molecule has 0 radical (unpaired) electrons. The normalized spacial score (nSPS) is 38.5. The summed E-state index contributed by atoms with van der Waals surface area (Å²) in [6, 6.07) is 1.80. The van der Waals surface area contributed by atoms with Crippen LogP contribution in [0.3, 0.4) is 0 Å². The lowest BCUT2D eigenvalue weighted by Gasteiger charge is -2.64. The number of methoxy groups -OCH3 is 1. The Kier molecular flexibility index (Phi) is 7.12. The van der Waals surface area contributed by atoms with Gasteiger partial charge < -0.3 is 23.7 Å². The van der Waals surface area contributed by atoms with Crippen LogP contribution in [0.2, 0.25) is 0 Å². The van der Waals surface area contributed by atoms with Crippen LogP contribution in [0.25, 0.3) is 0 Å². The molecule has 3 aliphatic carbocycles. The minimum Gasteiger partial charge on any atom is -0.472 e. The van der Waals surface area contributed by atoms with Gasteiger partial charge in [0.25, 0.3) is 0 Å². The second-order valence-electron chi connectivity index (χ2n) is 13.2. The summed E-state index contributed by atoms with van der Waals surface area (Å²) in [6.45, 7) is 11.0. The van der Waals surface area contributed by atoms with Gasteiger partial charge in [-0.25, -0.2) is 9.59 Å². The number of aliphatic hydroxyl groups is 1. The first-order chi connectivity index (χ1) is 19.2. The van der Waals surface area contributed by atoms with Gasteiger partial charge in [0.15, 0.2) is 6.10 Å². The van der Waals surface area contributed by atoms with Gasteiger partial charge in [0.05, 0.1) is 32.0 Å². The van der Waals surface area contributed by atoms with Gasteiger partial charge in [-0.2, -0.15) is 0 Å². The van der Waals surface area contributed by atoms with E-state index in [-0.39, 0.29) is 30.0 Å². The number of carbonyl (C=O) groups is 4. The van der Waals surface area contributed by atoms with Crippen molar-refractivity contribution in [1.82, 2.24) is 0 Å². The molecule has 222 valence electrons. The first-order valence-corrected chi connectivity index (χ1v) is 14.3. The fourth-order valence-corrected chi connectivity index (χ4v) is 8.68. The van der Waals surface area contributed by atoms with Crippen LogP contribution in [-0.4, -0.2) is 48.1 Å². The summed E-state index contributed by atoms with van der Waals surface area (Å²) in [5.74, 6) is -4.27. The average Bonchev–Trinajstić information content (AvgIpc) is 3.46. The number of ether oxygens (including phenoxy) is 3. The number of esters is 3. The van der Waals surface area contributed by atoms with Crippen molar-refractivity contribution >= 4 is 23.7 Å². The van der Waals surface area contributed by atoms with Gasteiger partial charge in [0.2, 0.25) is 0 Å². The monoisotopic (exact) mass is 568 g/mol. The van der Waals surface area contributed by atoms with Gasteiger partial charge in [-0.15, -0.1) is 0 Å². The molecule has 4 aliphatic rings. The molecule has 1 aromatic rings. The van der Waals surface area contributed by atoms with Crippen LogP contribution >= 0.6 is 0 Å². The highest BCUT2D eigenvalue weighted by molar-refractivity contribution is 5.95. The lowest BCUT2D eigenvalue weighted by molar-refractivity contribution is -0.208. The molecule has 9 heteroatoms. The molecule has 2 saturated carbocycles. The van der Waals surface area contributed by atoms with E-state index in [0.717, 1.165) is 11.1 Å². The molecule has 0 aromatic carbocycles. The zero-order chi connectivity index (χ0) is 30.1. The molecule has 9 nitrogen and oxygen atoms in total. The van der Waals surface area contributed by atoms with Gasteiger partial charge in [0.1, 0.15) is 18.0 Å². The molecule has 1 aromatic heterocycles. The summed E-state index contributed by atoms with van der Waals surface area (Å²) in [7, 11) is 1.20. The quantitative estimate of drug-likeness (QED) is 0.236. The van der Waals surface area contributed by atoms with Gasteiger partial charge in [0, 0.05) is 33.3 Å². The Hall–Kier alpha value is -3.20. The van der Waals surface area contributed by atoms with Gasteiger partial charge in [-0.3, -0.25) is 9.59 Å². The third-order valence-electron chi connectivity index (χ3n) is 10.8. The van der Waals surface area contributed by atoms with E-state index in [2.05, 4.69) is 6.92 Å². The van der Waals surface area contributed by atoms with Crippen LogP contribution in [0.5, 0.6) is 0 Å². The molecule has 5 rings (SSSR count). The Balaban J connectivity index is 1.69. The maximum absolute atomic E-state index is 14.5. The van der Waals surface area contributed by atoms with Gasteiger partial charge >= 0.3 is 17.9 Å². The van der Waals surface area contributed by atoms with E-state index in [1.807, 2.05) is 26.8 Å². The number of hydrogen-bond donors (Lipinski definition) is 1. The maximum atomic E-state index is 14.5. The number of carbonyl (C=O) groups excluding carboxylic acids is 4. The number of cyclic esters (lactones) is 1. The molecular formula is C32H40O9. The summed E-state index contributed by atoms with van der Waals surface area (Å²) < 4.78 is 22.2. The van der Waals surface area contributed by atoms with Crippen LogP contribution in [0.4, 0.5) is 0 Å². The number of hydrogen-bond acceptors (Lipinski definition) is 9. The molecule has 41 heavy (non-hydrogen) atoms. The Morgan fingerprint density at radius 3 is 2.49 bits per heavy atom. The second-order valence-corrected chi connectivity index (χ2v) is 13.2. The smallest absolute Gasteiger partial charge is 0.335 e. The minimum absolute atomic E-state index is 0.139. The first-order valence-electron chi connectivity index (χ1n) is 14.3. The summed E-state index contributed by atoms with van der Waals surface area (Å²) in [4.78, 5) is 53.4. The topological polar surface area (TPSA) is 129 Å². The van der Waals surface area contributed by atoms with Crippen molar-refractivity contribution in [3.63, 3.8) is 0 Å².